The zero-order valence-electron chi connectivity index (χ0n) is 12.2. The second-order valence-electron chi connectivity index (χ2n) is 6.16. The van der Waals surface area contributed by atoms with Gasteiger partial charge in [0.2, 0.25) is 5.91 Å². The van der Waals surface area contributed by atoms with Crippen molar-refractivity contribution in [2.45, 2.75) is 25.0 Å². The van der Waals surface area contributed by atoms with E-state index in [2.05, 4.69) is 6.92 Å². The molecule has 0 unspecified atom stereocenters. The highest BCUT2D eigenvalue weighted by Crippen LogP contribution is 2.52. The van der Waals surface area contributed by atoms with Gasteiger partial charge in [0.05, 0.1) is 18.6 Å². The van der Waals surface area contributed by atoms with Gasteiger partial charge in [-0.3, -0.25) is 4.79 Å². The molecule has 5 nitrogen and oxygen atoms in total. The van der Waals surface area contributed by atoms with Crippen molar-refractivity contribution < 1.29 is 19.4 Å². The minimum absolute atomic E-state index is 0.190. The lowest BCUT2D eigenvalue weighted by Crippen LogP contribution is -2.45. The number of rotatable bonds is 3. The molecule has 4 rings (SSSR count). The van der Waals surface area contributed by atoms with Crippen molar-refractivity contribution in [2.75, 3.05) is 11.4 Å². The maximum absolute atomic E-state index is 12.8. The average molecular weight is 298 g/mol. The number of hydrogen-bond acceptors (Lipinski definition) is 4. The van der Waals surface area contributed by atoms with Crippen LogP contribution < -0.4 is 10.0 Å². The third-order valence-electron chi connectivity index (χ3n) is 5.03. The van der Waals surface area contributed by atoms with Gasteiger partial charge in [0, 0.05) is 17.6 Å². The van der Waals surface area contributed by atoms with Gasteiger partial charge < -0.3 is 19.5 Å². The standard InChI is InChI=1S/C17H17NO4/c1-2-10-3-5-11(6-4-10)18-9-17-8-7-12(22-17)13(16(20)21)14(17)15(18)19/h3-8,12-14H,2,9H2,1H3,(H,20,21)/p-1/t12-,13+,14+,17-/m1/s1. The number of aliphatic carboxylic acids is 1. The summed E-state index contributed by atoms with van der Waals surface area (Å²) in [7, 11) is 0. The third-order valence-corrected chi connectivity index (χ3v) is 5.03. The molecule has 2 saturated heterocycles. The Morgan fingerprint density at radius 1 is 1.41 bits per heavy atom. The maximum atomic E-state index is 12.8. The lowest BCUT2D eigenvalue weighted by atomic mass is 9.77. The number of carboxylic acid groups (broad SMARTS) is 1. The summed E-state index contributed by atoms with van der Waals surface area (Å²) in [5, 5.41) is 11.4. The van der Waals surface area contributed by atoms with Gasteiger partial charge in [-0.05, 0) is 24.1 Å². The van der Waals surface area contributed by atoms with E-state index in [4.69, 9.17) is 4.74 Å². The Hall–Kier alpha value is -2.14. The first-order chi connectivity index (χ1) is 10.6. The highest BCUT2D eigenvalue weighted by Gasteiger charge is 2.65. The molecule has 1 amide bonds. The van der Waals surface area contributed by atoms with Gasteiger partial charge in [-0.15, -0.1) is 0 Å². The number of anilines is 1. The fourth-order valence-electron chi connectivity index (χ4n) is 3.90. The number of fused-ring (bicyclic) bond motifs is 1. The van der Waals surface area contributed by atoms with Crippen LogP contribution in [0.3, 0.4) is 0 Å². The van der Waals surface area contributed by atoms with Gasteiger partial charge in [0.15, 0.2) is 0 Å². The molecule has 3 heterocycles. The second-order valence-corrected chi connectivity index (χ2v) is 6.16. The molecule has 1 spiro atoms. The van der Waals surface area contributed by atoms with Gasteiger partial charge >= 0.3 is 0 Å². The van der Waals surface area contributed by atoms with Crippen LogP contribution in [0.2, 0.25) is 0 Å². The first-order valence-corrected chi connectivity index (χ1v) is 7.54. The number of aryl methyl sites for hydroxylation is 1. The van der Waals surface area contributed by atoms with Crippen LogP contribution in [0.25, 0.3) is 0 Å². The van der Waals surface area contributed by atoms with E-state index in [9.17, 15) is 14.7 Å². The largest absolute Gasteiger partial charge is 0.550 e. The molecule has 0 saturated carbocycles. The predicted molar refractivity (Wildman–Crippen MR) is 76.9 cm³/mol. The Balaban J connectivity index is 1.70. The van der Waals surface area contributed by atoms with Crippen molar-refractivity contribution in [2.24, 2.45) is 11.8 Å². The normalized spacial score (nSPS) is 35.2. The van der Waals surface area contributed by atoms with Gasteiger partial charge in [0.25, 0.3) is 0 Å². The van der Waals surface area contributed by atoms with Crippen LogP contribution in [0.5, 0.6) is 0 Å². The predicted octanol–water partition coefficient (Wildman–Crippen LogP) is 0.285. The average Bonchev–Trinajstić information content (AvgIpc) is 3.15. The SMILES string of the molecule is CCc1ccc(N2C[C@@]34C=C[C@@H](O3)[C@H](C(=O)[O-])[C@H]4C2=O)cc1. The zero-order valence-corrected chi connectivity index (χ0v) is 12.2. The fourth-order valence-corrected chi connectivity index (χ4v) is 3.90. The van der Waals surface area contributed by atoms with E-state index in [1.807, 2.05) is 30.3 Å². The lowest BCUT2D eigenvalue weighted by Gasteiger charge is -2.24. The van der Waals surface area contributed by atoms with E-state index >= 15 is 0 Å². The quantitative estimate of drug-likeness (QED) is 0.752. The van der Waals surface area contributed by atoms with Gasteiger partial charge in [-0.25, -0.2) is 0 Å². The van der Waals surface area contributed by atoms with E-state index in [0.717, 1.165) is 12.1 Å². The molecule has 2 bridgehead atoms. The van der Waals surface area contributed by atoms with Gasteiger partial charge in [0.1, 0.15) is 5.60 Å². The summed E-state index contributed by atoms with van der Waals surface area (Å²) in [6, 6.07) is 7.77. The van der Waals surface area contributed by atoms with Crippen molar-refractivity contribution in [3.63, 3.8) is 0 Å². The van der Waals surface area contributed by atoms with Crippen LogP contribution in [0.1, 0.15) is 12.5 Å². The summed E-state index contributed by atoms with van der Waals surface area (Å²) in [6.45, 7) is 2.43. The number of carbonyl (C=O) groups excluding carboxylic acids is 2. The Morgan fingerprint density at radius 3 is 2.77 bits per heavy atom. The zero-order chi connectivity index (χ0) is 15.5. The molecule has 114 valence electrons. The molecular weight excluding hydrogens is 282 g/mol. The molecule has 0 radical (unpaired) electrons. The molecule has 3 aliphatic heterocycles. The first kappa shape index (κ1) is 13.5. The molecular formula is C17H16NO4-. The highest BCUT2D eigenvalue weighted by molar-refractivity contribution is 6.02. The van der Waals surface area contributed by atoms with Crippen LogP contribution >= 0.6 is 0 Å². The van der Waals surface area contributed by atoms with E-state index in [1.54, 1.807) is 11.0 Å². The molecule has 0 aliphatic carbocycles. The minimum Gasteiger partial charge on any atom is -0.550 e. The van der Waals surface area contributed by atoms with Crippen molar-refractivity contribution in [3.8, 4) is 0 Å². The monoisotopic (exact) mass is 298 g/mol. The summed E-state index contributed by atoms with van der Waals surface area (Å²) in [5.41, 5.74) is 1.16. The molecule has 0 aromatic heterocycles. The lowest BCUT2D eigenvalue weighted by molar-refractivity contribution is -0.313. The summed E-state index contributed by atoms with van der Waals surface area (Å²) >= 11 is 0. The van der Waals surface area contributed by atoms with E-state index in [1.165, 1.54) is 5.56 Å². The Morgan fingerprint density at radius 2 is 2.14 bits per heavy atom. The van der Waals surface area contributed by atoms with Crippen LogP contribution in [0.4, 0.5) is 5.69 Å². The van der Waals surface area contributed by atoms with E-state index in [-0.39, 0.29) is 5.91 Å². The minimum atomic E-state index is -1.21. The number of amides is 1. The van der Waals surface area contributed by atoms with Crippen molar-refractivity contribution in [1.29, 1.82) is 0 Å². The molecule has 22 heavy (non-hydrogen) atoms. The van der Waals surface area contributed by atoms with Crippen molar-refractivity contribution >= 4 is 17.6 Å². The maximum Gasteiger partial charge on any atom is 0.234 e. The molecule has 1 aromatic rings. The first-order valence-electron chi connectivity index (χ1n) is 7.54. The summed E-state index contributed by atoms with van der Waals surface area (Å²) in [5.74, 6) is -2.97. The van der Waals surface area contributed by atoms with E-state index in [0.29, 0.717) is 6.54 Å². The molecule has 4 atom stereocenters. The number of nitrogens with zero attached hydrogens (tertiary/aromatic N) is 1. The smallest absolute Gasteiger partial charge is 0.234 e. The van der Waals surface area contributed by atoms with Crippen LogP contribution in [0.15, 0.2) is 36.4 Å². The highest BCUT2D eigenvalue weighted by atomic mass is 16.5. The Labute approximate surface area is 128 Å². The topological polar surface area (TPSA) is 69.7 Å². The van der Waals surface area contributed by atoms with Gasteiger partial charge in [-0.1, -0.05) is 31.2 Å². The number of carboxylic acids is 1. The van der Waals surface area contributed by atoms with Crippen molar-refractivity contribution in [3.05, 3.63) is 42.0 Å². The summed E-state index contributed by atoms with van der Waals surface area (Å²) in [6.07, 6.45) is 3.98. The number of ether oxygens (including phenoxy) is 1. The number of benzene rings is 1. The Kier molecular flexibility index (Phi) is 2.72. The molecule has 0 N–H and O–H groups in total. The number of hydrogen-bond donors (Lipinski definition) is 0. The molecule has 3 aliphatic rings. The molecule has 2 fully saturated rings. The fraction of sp³-hybridized carbons (Fsp3) is 0.412. The number of carbonyl (C=O) groups is 2. The van der Waals surface area contributed by atoms with E-state index < -0.39 is 29.5 Å². The second kappa shape index (κ2) is 4.43. The molecule has 1 aromatic carbocycles. The third kappa shape index (κ3) is 1.63. The Bertz CT molecular complexity index is 680. The van der Waals surface area contributed by atoms with Crippen LogP contribution in [-0.4, -0.2) is 30.1 Å². The van der Waals surface area contributed by atoms with Crippen molar-refractivity contribution in [1.82, 2.24) is 0 Å². The molecule has 5 heteroatoms. The summed E-state index contributed by atoms with van der Waals surface area (Å²) < 4.78 is 5.83. The van der Waals surface area contributed by atoms with Crippen LogP contribution in [-0.2, 0) is 20.7 Å². The van der Waals surface area contributed by atoms with Gasteiger partial charge in [-0.2, -0.15) is 0 Å². The van der Waals surface area contributed by atoms with Crippen LogP contribution in [0, 0.1) is 11.8 Å². The summed E-state index contributed by atoms with van der Waals surface area (Å²) in [4.78, 5) is 25.8.